The highest BCUT2D eigenvalue weighted by Crippen LogP contribution is 2.23. The molecule has 1 heterocycles. The number of carbonyl (C=O) groups is 1. The van der Waals surface area contributed by atoms with Crippen LogP contribution in [0.15, 0.2) is 57.3 Å². The minimum atomic E-state index is -3.66. The lowest BCUT2D eigenvalue weighted by atomic mass is 10.2. The Morgan fingerprint density at radius 1 is 1.24 bits per heavy atom. The number of aromatic nitrogens is 2. The number of anilines is 1. The topological polar surface area (TPSA) is 119 Å². The standard InChI is InChI=1S/C22H26N4O5S2/c1-14-9-10-16(11-19(14)33(29,30)23-3)24-20(27)13-32-22-25-18-8-6-5-7-17(18)21(28)26(22)15(2)12-31-4/h5-11,15,23H,12-13H2,1-4H3,(H,24,27). The molecule has 1 aromatic heterocycles. The highest BCUT2D eigenvalue weighted by Gasteiger charge is 2.19. The van der Waals surface area contributed by atoms with Crippen LogP contribution in [0.1, 0.15) is 18.5 Å². The van der Waals surface area contributed by atoms with Gasteiger partial charge in [0.2, 0.25) is 15.9 Å². The van der Waals surface area contributed by atoms with Crippen LogP contribution in [0, 0.1) is 6.92 Å². The van der Waals surface area contributed by atoms with Gasteiger partial charge in [0.15, 0.2) is 5.16 Å². The van der Waals surface area contributed by atoms with Crippen molar-refractivity contribution in [3.63, 3.8) is 0 Å². The summed E-state index contributed by atoms with van der Waals surface area (Å²) in [6.07, 6.45) is 0. The number of benzene rings is 2. The summed E-state index contributed by atoms with van der Waals surface area (Å²) in [5.41, 5.74) is 1.27. The zero-order valence-corrected chi connectivity index (χ0v) is 20.4. The van der Waals surface area contributed by atoms with E-state index in [4.69, 9.17) is 4.74 Å². The van der Waals surface area contributed by atoms with E-state index in [1.54, 1.807) is 50.4 Å². The zero-order valence-electron chi connectivity index (χ0n) is 18.8. The Morgan fingerprint density at radius 2 is 1.97 bits per heavy atom. The molecule has 3 rings (SSSR count). The van der Waals surface area contributed by atoms with Crippen molar-refractivity contribution >= 4 is 44.3 Å². The highest BCUT2D eigenvalue weighted by atomic mass is 32.2. The van der Waals surface area contributed by atoms with Crippen LogP contribution in [0.25, 0.3) is 10.9 Å². The van der Waals surface area contributed by atoms with Crippen molar-refractivity contribution in [1.29, 1.82) is 0 Å². The average Bonchev–Trinajstić information content (AvgIpc) is 2.79. The lowest BCUT2D eigenvalue weighted by Crippen LogP contribution is -2.29. The molecule has 1 amide bonds. The summed E-state index contributed by atoms with van der Waals surface area (Å²) >= 11 is 1.13. The van der Waals surface area contributed by atoms with Gasteiger partial charge in [0.05, 0.1) is 34.2 Å². The Bertz CT molecular complexity index is 1340. The number of sulfonamides is 1. The number of methoxy groups -OCH3 is 1. The quantitative estimate of drug-likeness (QED) is 0.349. The second-order valence-electron chi connectivity index (χ2n) is 7.42. The molecule has 176 valence electrons. The number of rotatable bonds is 9. The molecule has 1 unspecified atom stereocenters. The molecule has 0 aliphatic heterocycles. The van der Waals surface area contributed by atoms with Gasteiger partial charge in [-0.2, -0.15) is 0 Å². The maximum Gasteiger partial charge on any atom is 0.262 e. The van der Waals surface area contributed by atoms with Crippen LogP contribution in [-0.2, 0) is 19.6 Å². The largest absolute Gasteiger partial charge is 0.383 e. The molecule has 2 aromatic carbocycles. The Labute approximate surface area is 196 Å². The van der Waals surface area contributed by atoms with Crippen molar-refractivity contribution in [2.45, 2.75) is 29.9 Å². The number of hydrogen-bond acceptors (Lipinski definition) is 7. The Morgan fingerprint density at radius 3 is 2.67 bits per heavy atom. The van der Waals surface area contributed by atoms with Gasteiger partial charge in [0, 0.05) is 12.8 Å². The fraction of sp³-hybridized carbons (Fsp3) is 0.318. The van der Waals surface area contributed by atoms with E-state index in [0.717, 1.165) is 11.8 Å². The number of amides is 1. The number of para-hydroxylation sites is 1. The number of hydrogen-bond donors (Lipinski definition) is 2. The second-order valence-corrected chi connectivity index (χ2v) is 10.2. The van der Waals surface area contributed by atoms with Gasteiger partial charge in [0.25, 0.3) is 5.56 Å². The number of fused-ring (bicyclic) bond motifs is 1. The minimum Gasteiger partial charge on any atom is -0.383 e. The van der Waals surface area contributed by atoms with Gasteiger partial charge in [-0.05, 0) is 50.7 Å². The minimum absolute atomic E-state index is 0.0214. The van der Waals surface area contributed by atoms with Crippen LogP contribution in [-0.4, -0.2) is 50.4 Å². The summed E-state index contributed by atoms with van der Waals surface area (Å²) in [6.45, 7) is 3.84. The predicted octanol–water partition coefficient (Wildman–Crippen LogP) is 2.55. The number of nitrogens with one attached hydrogen (secondary N) is 2. The molecule has 0 bridgehead atoms. The maximum absolute atomic E-state index is 13.1. The van der Waals surface area contributed by atoms with E-state index in [1.807, 2.05) is 6.92 Å². The van der Waals surface area contributed by atoms with Crippen LogP contribution in [0.4, 0.5) is 5.69 Å². The summed E-state index contributed by atoms with van der Waals surface area (Å²) in [7, 11) is -0.768. The van der Waals surface area contributed by atoms with E-state index in [9.17, 15) is 18.0 Å². The number of nitrogens with zero attached hydrogens (tertiary/aromatic N) is 2. The van der Waals surface area contributed by atoms with E-state index in [0.29, 0.717) is 33.9 Å². The molecule has 0 fully saturated rings. The summed E-state index contributed by atoms with van der Waals surface area (Å²) in [5.74, 6) is -0.378. The smallest absolute Gasteiger partial charge is 0.262 e. The van der Waals surface area contributed by atoms with E-state index >= 15 is 0 Å². The summed E-state index contributed by atoms with van der Waals surface area (Å²) in [6, 6.07) is 11.4. The van der Waals surface area contributed by atoms with E-state index < -0.39 is 10.0 Å². The Balaban J connectivity index is 1.84. The van der Waals surface area contributed by atoms with Crippen LogP contribution in [0.2, 0.25) is 0 Å². The molecule has 9 nitrogen and oxygen atoms in total. The first-order chi connectivity index (χ1) is 15.7. The average molecular weight is 491 g/mol. The first-order valence-electron chi connectivity index (χ1n) is 10.1. The fourth-order valence-corrected chi connectivity index (χ4v) is 5.23. The molecule has 0 spiro atoms. The third-order valence-corrected chi connectivity index (χ3v) is 7.50. The SMILES string of the molecule is CNS(=O)(=O)c1cc(NC(=O)CSc2nc3ccccc3c(=O)n2C(C)COC)ccc1C. The van der Waals surface area contributed by atoms with Crippen molar-refractivity contribution in [2.24, 2.45) is 0 Å². The van der Waals surface area contributed by atoms with E-state index in [-0.39, 0.29) is 28.2 Å². The monoisotopic (exact) mass is 490 g/mol. The van der Waals surface area contributed by atoms with Gasteiger partial charge in [-0.3, -0.25) is 14.2 Å². The molecule has 0 saturated carbocycles. The maximum atomic E-state index is 13.1. The molecule has 0 radical (unpaired) electrons. The summed E-state index contributed by atoms with van der Waals surface area (Å²) < 4.78 is 33.4. The molecule has 33 heavy (non-hydrogen) atoms. The number of carbonyl (C=O) groups excluding carboxylic acids is 1. The summed E-state index contributed by atoms with van der Waals surface area (Å²) in [4.78, 5) is 30.4. The van der Waals surface area contributed by atoms with E-state index in [1.165, 1.54) is 17.7 Å². The van der Waals surface area contributed by atoms with Gasteiger partial charge in [0.1, 0.15) is 0 Å². The molecule has 0 saturated heterocycles. The van der Waals surface area contributed by atoms with Crippen LogP contribution >= 0.6 is 11.8 Å². The van der Waals surface area contributed by atoms with Crippen LogP contribution < -0.4 is 15.6 Å². The molecular weight excluding hydrogens is 464 g/mol. The third kappa shape index (κ3) is 5.61. The lowest BCUT2D eigenvalue weighted by Gasteiger charge is -2.18. The van der Waals surface area contributed by atoms with Crippen molar-refractivity contribution in [3.05, 3.63) is 58.4 Å². The van der Waals surface area contributed by atoms with Crippen molar-refractivity contribution in [1.82, 2.24) is 14.3 Å². The normalized spacial score (nSPS) is 12.6. The molecular formula is C22H26N4O5S2. The number of thioether (sulfide) groups is 1. The van der Waals surface area contributed by atoms with Crippen molar-refractivity contribution < 1.29 is 17.9 Å². The predicted molar refractivity (Wildman–Crippen MR) is 129 cm³/mol. The molecule has 3 aromatic rings. The zero-order chi connectivity index (χ0) is 24.2. The fourth-order valence-electron chi connectivity index (χ4n) is 3.34. The van der Waals surface area contributed by atoms with Gasteiger partial charge < -0.3 is 10.1 Å². The molecule has 11 heteroatoms. The van der Waals surface area contributed by atoms with Gasteiger partial charge in [-0.25, -0.2) is 18.1 Å². The lowest BCUT2D eigenvalue weighted by molar-refractivity contribution is -0.113. The molecule has 0 aliphatic rings. The first kappa shape index (κ1) is 24.9. The van der Waals surface area contributed by atoms with Crippen LogP contribution in [0.3, 0.4) is 0 Å². The molecule has 2 N–H and O–H groups in total. The molecule has 0 aliphatic carbocycles. The van der Waals surface area contributed by atoms with Crippen molar-refractivity contribution in [3.8, 4) is 0 Å². The van der Waals surface area contributed by atoms with Crippen LogP contribution in [0.5, 0.6) is 0 Å². The molecule has 1 atom stereocenters. The highest BCUT2D eigenvalue weighted by molar-refractivity contribution is 7.99. The number of ether oxygens (including phenoxy) is 1. The van der Waals surface area contributed by atoms with E-state index in [2.05, 4.69) is 15.0 Å². The Hall–Kier alpha value is -2.73. The van der Waals surface area contributed by atoms with Gasteiger partial charge in [-0.1, -0.05) is 30.0 Å². The van der Waals surface area contributed by atoms with Gasteiger partial charge >= 0.3 is 0 Å². The second kappa shape index (κ2) is 10.5. The Kier molecular flexibility index (Phi) is 7.90. The first-order valence-corrected chi connectivity index (χ1v) is 12.6. The number of aryl methyl sites for hydroxylation is 1. The van der Waals surface area contributed by atoms with Gasteiger partial charge in [-0.15, -0.1) is 0 Å². The third-order valence-electron chi connectivity index (χ3n) is 4.99. The van der Waals surface area contributed by atoms with Crippen molar-refractivity contribution in [2.75, 3.05) is 31.8 Å². The summed E-state index contributed by atoms with van der Waals surface area (Å²) in [5, 5.41) is 3.61.